The zero-order valence-electron chi connectivity index (χ0n) is 15.9. The molecule has 2 heteroatoms. The van der Waals surface area contributed by atoms with Crippen molar-refractivity contribution in [2.75, 3.05) is 0 Å². The Balaban J connectivity index is 2.62. The predicted octanol–water partition coefficient (Wildman–Crippen LogP) is 5.28. The summed E-state index contributed by atoms with van der Waals surface area (Å²) in [7, 11) is 0. The van der Waals surface area contributed by atoms with E-state index in [1.54, 1.807) is 0 Å². The van der Waals surface area contributed by atoms with E-state index in [1.807, 2.05) is 0 Å². The van der Waals surface area contributed by atoms with Gasteiger partial charge in [0.2, 0.25) is 0 Å². The number of imidazole rings is 1. The lowest BCUT2D eigenvalue weighted by atomic mass is 10.1. The van der Waals surface area contributed by atoms with Crippen molar-refractivity contribution < 1.29 is 4.57 Å². The molecule has 126 valence electrons. The van der Waals surface area contributed by atoms with Crippen LogP contribution in [0.25, 0.3) is 11.4 Å². The monoisotopic (exact) mass is 313 g/mol. The third-order valence-electron chi connectivity index (χ3n) is 4.80. The largest absolute Gasteiger partial charge is 0.289 e. The van der Waals surface area contributed by atoms with Crippen LogP contribution in [0.15, 0.2) is 18.2 Å². The van der Waals surface area contributed by atoms with Gasteiger partial charge in [-0.15, -0.1) is 0 Å². The second-order valence-corrected chi connectivity index (χ2v) is 6.88. The van der Waals surface area contributed by atoms with Crippen LogP contribution in [0.5, 0.6) is 0 Å². The molecule has 2 rings (SSSR count). The molecule has 2 aromatic rings. The topological polar surface area (TPSA) is 8.81 Å². The lowest BCUT2D eigenvalue weighted by molar-refractivity contribution is -0.691. The SMILES string of the molecule is CCCCn1c(C)c(C)[n+](CCCC)c1-c1cc(C)cc(C)c1. The number of unbranched alkanes of at least 4 members (excludes halogenated alkanes) is 2. The van der Waals surface area contributed by atoms with E-state index >= 15 is 0 Å². The molecule has 0 amide bonds. The van der Waals surface area contributed by atoms with E-state index in [-0.39, 0.29) is 0 Å². The number of aromatic nitrogens is 2. The summed E-state index contributed by atoms with van der Waals surface area (Å²) in [6.45, 7) is 15.7. The molecule has 0 bridgehead atoms. The normalized spacial score (nSPS) is 11.2. The van der Waals surface area contributed by atoms with Gasteiger partial charge in [-0.1, -0.05) is 32.8 Å². The zero-order valence-corrected chi connectivity index (χ0v) is 15.9. The Hall–Kier alpha value is -1.57. The third-order valence-corrected chi connectivity index (χ3v) is 4.80. The Kier molecular flexibility index (Phi) is 6.04. The quantitative estimate of drug-likeness (QED) is 0.615. The summed E-state index contributed by atoms with van der Waals surface area (Å²) in [4.78, 5) is 0. The summed E-state index contributed by atoms with van der Waals surface area (Å²) < 4.78 is 5.09. The van der Waals surface area contributed by atoms with Crippen LogP contribution in [0.1, 0.15) is 62.0 Å². The maximum absolute atomic E-state index is 2.54. The van der Waals surface area contributed by atoms with E-state index in [9.17, 15) is 0 Å². The lowest BCUT2D eigenvalue weighted by Gasteiger charge is -2.08. The minimum absolute atomic E-state index is 1.12. The fourth-order valence-corrected chi connectivity index (χ4v) is 3.45. The van der Waals surface area contributed by atoms with Crippen LogP contribution >= 0.6 is 0 Å². The van der Waals surface area contributed by atoms with Crippen LogP contribution in [0.4, 0.5) is 0 Å². The van der Waals surface area contributed by atoms with Crippen LogP contribution in [-0.2, 0) is 13.1 Å². The van der Waals surface area contributed by atoms with Gasteiger partial charge in [-0.3, -0.25) is 0 Å². The van der Waals surface area contributed by atoms with Crippen LogP contribution in [0.2, 0.25) is 0 Å². The third kappa shape index (κ3) is 3.85. The fourth-order valence-electron chi connectivity index (χ4n) is 3.45. The Labute approximate surface area is 142 Å². The van der Waals surface area contributed by atoms with Crippen LogP contribution in [0, 0.1) is 27.7 Å². The Bertz CT molecular complexity index is 613. The van der Waals surface area contributed by atoms with Gasteiger partial charge in [0.05, 0.1) is 18.7 Å². The smallest absolute Gasteiger partial charge is 0.227 e. The van der Waals surface area contributed by atoms with Gasteiger partial charge in [-0.05, 0) is 49.9 Å². The minimum atomic E-state index is 1.12. The molecule has 0 aliphatic rings. The summed E-state index contributed by atoms with van der Waals surface area (Å²) in [6, 6.07) is 6.94. The molecule has 0 aliphatic carbocycles. The number of hydrogen-bond acceptors (Lipinski definition) is 0. The number of rotatable bonds is 7. The first kappa shape index (κ1) is 17.8. The van der Waals surface area contributed by atoms with Gasteiger partial charge in [0.1, 0.15) is 11.4 Å². The summed E-state index contributed by atoms with van der Waals surface area (Å²) in [5, 5.41) is 0. The minimum Gasteiger partial charge on any atom is -0.227 e. The average molecular weight is 314 g/mol. The second-order valence-electron chi connectivity index (χ2n) is 6.88. The Morgan fingerprint density at radius 1 is 0.870 bits per heavy atom. The van der Waals surface area contributed by atoms with Crippen LogP contribution in [0.3, 0.4) is 0 Å². The van der Waals surface area contributed by atoms with Crippen molar-refractivity contribution in [1.29, 1.82) is 0 Å². The number of aryl methyl sites for hydroxylation is 2. The summed E-state index contributed by atoms with van der Waals surface area (Å²) >= 11 is 0. The van der Waals surface area contributed by atoms with E-state index in [2.05, 4.69) is 68.9 Å². The highest BCUT2D eigenvalue weighted by atomic mass is 15.2. The molecule has 0 N–H and O–H groups in total. The molecule has 0 unspecified atom stereocenters. The van der Waals surface area contributed by atoms with Gasteiger partial charge < -0.3 is 0 Å². The van der Waals surface area contributed by atoms with Crippen molar-refractivity contribution in [3.05, 3.63) is 40.7 Å². The van der Waals surface area contributed by atoms with E-state index in [4.69, 9.17) is 0 Å². The molecule has 1 aromatic heterocycles. The highest BCUT2D eigenvalue weighted by Crippen LogP contribution is 2.24. The molecule has 1 aromatic carbocycles. The standard InChI is InChI=1S/C21H33N2/c1-7-9-11-22-18(5)19(6)23(12-10-8-2)21(22)20-14-16(3)13-17(4)15-20/h13-15H,7-12H2,1-6H3/q+1. The van der Waals surface area contributed by atoms with E-state index in [0.717, 1.165) is 13.1 Å². The van der Waals surface area contributed by atoms with Gasteiger partial charge in [0.25, 0.3) is 5.82 Å². The Morgan fingerprint density at radius 3 is 2.04 bits per heavy atom. The van der Waals surface area contributed by atoms with Gasteiger partial charge >= 0.3 is 0 Å². The molecule has 2 nitrogen and oxygen atoms in total. The molecular weight excluding hydrogens is 280 g/mol. The van der Waals surface area contributed by atoms with E-state index < -0.39 is 0 Å². The maximum atomic E-state index is 2.54. The second kappa shape index (κ2) is 7.81. The molecule has 1 heterocycles. The molecule has 0 saturated carbocycles. The summed E-state index contributed by atoms with van der Waals surface area (Å²) in [5.41, 5.74) is 6.90. The highest BCUT2D eigenvalue weighted by Gasteiger charge is 2.26. The number of hydrogen-bond donors (Lipinski definition) is 0. The van der Waals surface area contributed by atoms with Crippen LogP contribution in [-0.4, -0.2) is 4.57 Å². The molecule has 0 fully saturated rings. The molecular formula is C21H33N2+. The van der Waals surface area contributed by atoms with E-state index in [0.29, 0.717) is 0 Å². The van der Waals surface area contributed by atoms with E-state index in [1.165, 1.54) is 59.6 Å². The number of benzene rings is 1. The molecule has 0 radical (unpaired) electrons. The number of nitrogens with zero attached hydrogens (tertiary/aromatic N) is 2. The molecule has 0 saturated heterocycles. The Morgan fingerprint density at radius 2 is 1.48 bits per heavy atom. The summed E-state index contributed by atoms with van der Waals surface area (Å²) in [5.74, 6) is 1.40. The maximum Gasteiger partial charge on any atom is 0.289 e. The summed E-state index contributed by atoms with van der Waals surface area (Å²) in [6.07, 6.45) is 4.94. The fraction of sp³-hybridized carbons (Fsp3) is 0.571. The molecule has 0 atom stereocenters. The van der Waals surface area contributed by atoms with Gasteiger partial charge in [-0.25, -0.2) is 9.13 Å². The van der Waals surface area contributed by atoms with Crippen molar-refractivity contribution in [2.24, 2.45) is 0 Å². The zero-order chi connectivity index (χ0) is 17.0. The average Bonchev–Trinajstić information content (AvgIpc) is 2.74. The first-order valence-corrected chi connectivity index (χ1v) is 9.17. The first-order chi connectivity index (χ1) is 11.0. The van der Waals surface area contributed by atoms with Crippen molar-refractivity contribution in [3.63, 3.8) is 0 Å². The van der Waals surface area contributed by atoms with Crippen molar-refractivity contribution >= 4 is 0 Å². The van der Waals surface area contributed by atoms with Gasteiger partial charge in [-0.2, -0.15) is 0 Å². The van der Waals surface area contributed by atoms with Crippen molar-refractivity contribution in [1.82, 2.24) is 4.57 Å². The van der Waals surface area contributed by atoms with Crippen molar-refractivity contribution in [2.45, 2.75) is 80.3 Å². The van der Waals surface area contributed by atoms with Crippen molar-refractivity contribution in [3.8, 4) is 11.4 Å². The first-order valence-electron chi connectivity index (χ1n) is 9.17. The molecule has 0 aliphatic heterocycles. The predicted molar refractivity (Wildman–Crippen MR) is 98.8 cm³/mol. The van der Waals surface area contributed by atoms with Gasteiger partial charge in [0, 0.05) is 13.8 Å². The molecule has 0 spiro atoms. The van der Waals surface area contributed by atoms with Gasteiger partial charge in [0.15, 0.2) is 0 Å². The lowest BCUT2D eigenvalue weighted by Crippen LogP contribution is -2.38. The van der Waals surface area contributed by atoms with Crippen LogP contribution < -0.4 is 4.57 Å². The highest BCUT2D eigenvalue weighted by molar-refractivity contribution is 5.56. The molecule has 23 heavy (non-hydrogen) atoms.